The standard InChI is InChI=1S/C21H20ClN3O2/c1-13-6-7-17-14(10-13)21(27)15-11-25(9-8-18(15)23-17)12-20(26)24-19-5-3-2-4-16(19)22/h2-7,10,15H,8-9,11-12H2,1H3,(H,24,26). The molecule has 138 valence electrons. The Morgan fingerprint density at radius 2 is 2.11 bits per heavy atom. The molecule has 1 unspecified atom stereocenters. The van der Waals surface area contributed by atoms with Gasteiger partial charge in [0.25, 0.3) is 0 Å². The van der Waals surface area contributed by atoms with Crippen LogP contribution in [0.3, 0.4) is 0 Å². The van der Waals surface area contributed by atoms with E-state index in [4.69, 9.17) is 16.6 Å². The van der Waals surface area contributed by atoms with Crippen molar-refractivity contribution >= 4 is 40.4 Å². The van der Waals surface area contributed by atoms with Crippen LogP contribution in [-0.2, 0) is 4.79 Å². The number of halogens is 1. The van der Waals surface area contributed by atoms with Gasteiger partial charge in [-0.05, 0) is 37.6 Å². The number of likely N-dealkylation sites (tertiary alicyclic amines) is 1. The minimum Gasteiger partial charge on any atom is -0.324 e. The van der Waals surface area contributed by atoms with E-state index in [0.29, 0.717) is 35.8 Å². The summed E-state index contributed by atoms with van der Waals surface area (Å²) in [4.78, 5) is 32.0. The molecule has 2 aromatic rings. The van der Waals surface area contributed by atoms with E-state index in [1.54, 1.807) is 12.1 Å². The van der Waals surface area contributed by atoms with Crippen LogP contribution in [0.1, 0.15) is 22.3 Å². The number of amides is 1. The number of piperidine rings is 1. The smallest absolute Gasteiger partial charge is 0.238 e. The fourth-order valence-corrected chi connectivity index (χ4v) is 3.84. The number of anilines is 1. The maximum atomic E-state index is 12.9. The molecule has 0 radical (unpaired) electrons. The van der Waals surface area contributed by atoms with Crippen molar-refractivity contribution in [3.63, 3.8) is 0 Å². The zero-order chi connectivity index (χ0) is 19.0. The predicted octanol–water partition coefficient (Wildman–Crippen LogP) is 3.88. The van der Waals surface area contributed by atoms with Gasteiger partial charge in [-0.3, -0.25) is 19.5 Å². The van der Waals surface area contributed by atoms with Crippen LogP contribution in [0.15, 0.2) is 47.5 Å². The van der Waals surface area contributed by atoms with Crippen molar-refractivity contribution in [3.8, 4) is 0 Å². The number of aliphatic imine (C=N–C) groups is 1. The number of nitrogens with zero attached hydrogens (tertiary/aromatic N) is 2. The number of fused-ring (bicyclic) bond motifs is 2. The third-order valence-corrected chi connectivity index (χ3v) is 5.37. The molecule has 1 N–H and O–H groups in total. The summed E-state index contributed by atoms with van der Waals surface area (Å²) in [5, 5.41) is 3.34. The fourth-order valence-electron chi connectivity index (χ4n) is 3.66. The van der Waals surface area contributed by atoms with E-state index in [2.05, 4.69) is 5.32 Å². The third kappa shape index (κ3) is 3.66. The summed E-state index contributed by atoms with van der Waals surface area (Å²) in [6, 6.07) is 12.9. The van der Waals surface area contributed by atoms with Crippen LogP contribution in [0, 0.1) is 12.8 Å². The Morgan fingerprint density at radius 3 is 2.93 bits per heavy atom. The van der Waals surface area contributed by atoms with E-state index in [-0.39, 0.29) is 24.2 Å². The Labute approximate surface area is 163 Å². The molecule has 1 atom stereocenters. The highest BCUT2D eigenvalue weighted by Crippen LogP contribution is 2.32. The molecule has 0 bridgehead atoms. The van der Waals surface area contributed by atoms with Gasteiger partial charge in [-0.15, -0.1) is 0 Å². The molecular formula is C21H20ClN3O2. The number of hydrogen-bond donors (Lipinski definition) is 1. The summed E-state index contributed by atoms with van der Waals surface area (Å²) >= 11 is 6.09. The number of carbonyl (C=O) groups excluding carboxylic acids is 2. The lowest BCUT2D eigenvalue weighted by atomic mass is 9.84. The van der Waals surface area contributed by atoms with Gasteiger partial charge in [0, 0.05) is 24.4 Å². The van der Waals surface area contributed by atoms with Gasteiger partial charge in [0.2, 0.25) is 5.91 Å². The molecule has 1 amide bonds. The lowest BCUT2D eigenvalue weighted by molar-refractivity contribution is -0.117. The van der Waals surface area contributed by atoms with Gasteiger partial charge in [0.1, 0.15) is 0 Å². The highest BCUT2D eigenvalue weighted by molar-refractivity contribution is 6.33. The minimum absolute atomic E-state index is 0.106. The third-order valence-electron chi connectivity index (χ3n) is 5.04. The minimum atomic E-state index is -0.263. The van der Waals surface area contributed by atoms with Gasteiger partial charge >= 0.3 is 0 Å². The van der Waals surface area contributed by atoms with Crippen molar-refractivity contribution in [2.45, 2.75) is 13.3 Å². The zero-order valence-electron chi connectivity index (χ0n) is 15.0. The van der Waals surface area contributed by atoms with E-state index in [9.17, 15) is 9.59 Å². The molecule has 0 saturated carbocycles. The number of Topliss-reactive ketones (excluding diaryl/α,β-unsaturated/α-hetero) is 1. The topological polar surface area (TPSA) is 61.8 Å². The van der Waals surface area contributed by atoms with E-state index >= 15 is 0 Å². The highest BCUT2D eigenvalue weighted by Gasteiger charge is 2.36. The van der Waals surface area contributed by atoms with Crippen LogP contribution < -0.4 is 5.32 Å². The second kappa shape index (κ2) is 7.25. The van der Waals surface area contributed by atoms with Crippen LogP contribution in [-0.4, -0.2) is 41.9 Å². The summed E-state index contributed by atoms with van der Waals surface area (Å²) in [5.41, 5.74) is 4.03. The Balaban J connectivity index is 1.45. The lowest BCUT2D eigenvalue weighted by Gasteiger charge is -2.34. The monoisotopic (exact) mass is 381 g/mol. The van der Waals surface area contributed by atoms with Crippen molar-refractivity contribution in [1.82, 2.24) is 4.90 Å². The first-order valence-corrected chi connectivity index (χ1v) is 9.38. The molecular weight excluding hydrogens is 362 g/mol. The Hall–Kier alpha value is -2.50. The number of para-hydroxylation sites is 1. The first-order chi connectivity index (χ1) is 13.0. The molecule has 0 aromatic heterocycles. The Morgan fingerprint density at radius 1 is 1.30 bits per heavy atom. The average Bonchev–Trinajstić information content (AvgIpc) is 2.65. The van der Waals surface area contributed by atoms with Gasteiger partial charge in [0.15, 0.2) is 5.78 Å². The van der Waals surface area contributed by atoms with Crippen LogP contribution >= 0.6 is 11.6 Å². The number of ketones is 1. The van der Waals surface area contributed by atoms with E-state index in [0.717, 1.165) is 17.0 Å². The van der Waals surface area contributed by atoms with Crippen LogP contribution in [0.5, 0.6) is 0 Å². The maximum absolute atomic E-state index is 12.9. The molecule has 5 nitrogen and oxygen atoms in total. The summed E-state index contributed by atoms with van der Waals surface area (Å²) in [5.74, 6) is -0.293. The first kappa shape index (κ1) is 17.9. The number of benzene rings is 2. The van der Waals surface area contributed by atoms with Crippen molar-refractivity contribution < 1.29 is 9.59 Å². The fraction of sp³-hybridized carbons (Fsp3) is 0.286. The van der Waals surface area contributed by atoms with Gasteiger partial charge in [-0.25, -0.2) is 0 Å². The largest absolute Gasteiger partial charge is 0.324 e. The number of rotatable bonds is 3. The second-order valence-electron chi connectivity index (χ2n) is 7.05. The molecule has 2 aliphatic rings. The molecule has 1 fully saturated rings. The SMILES string of the molecule is Cc1ccc2c(c1)C(=O)C1CN(CC(=O)Nc3ccccc3Cl)CCC1=N2. The van der Waals surface area contributed by atoms with E-state index in [1.165, 1.54) is 0 Å². The van der Waals surface area contributed by atoms with E-state index < -0.39 is 0 Å². The lowest BCUT2D eigenvalue weighted by Crippen LogP contribution is -2.47. The van der Waals surface area contributed by atoms with Crippen LogP contribution in [0.2, 0.25) is 5.02 Å². The quantitative estimate of drug-likeness (QED) is 0.877. The average molecular weight is 382 g/mol. The first-order valence-electron chi connectivity index (χ1n) is 9.00. The summed E-state index contributed by atoms with van der Waals surface area (Å²) in [6.45, 7) is 3.42. The number of carbonyl (C=O) groups is 2. The molecule has 4 rings (SSSR count). The highest BCUT2D eigenvalue weighted by atomic mass is 35.5. The summed E-state index contributed by atoms with van der Waals surface area (Å²) in [7, 11) is 0. The molecule has 2 aliphatic heterocycles. The van der Waals surface area contributed by atoms with Crippen molar-refractivity contribution in [2.24, 2.45) is 10.9 Å². The molecule has 6 heteroatoms. The van der Waals surface area contributed by atoms with Crippen molar-refractivity contribution in [3.05, 3.63) is 58.6 Å². The summed E-state index contributed by atoms with van der Waals surface area (Å²) in [6.07, 6.45) is 0.698. The van der Waals surface area contributed by atoms with Gasteiger partial charge in [-0.2, -0.15) is 0 Å². The summed E-state index contributed by atoms with van der Waals surface area (Å²) < 4.78 is 0. The number of aryl methyl sites for hydroxylation is 1. The predicted molar refractivity (Wildman–Crippen MR) is 107 cm³/mol. The van der Waals surface area contributed by atoms with Gasteiger partial charge in [-0.1, -0.05) is 35.4 Å². The Kier molecular flexibility index (Phi) is 4.81. The molecule has 27 heavy (non-hydrogen) atoms. The maximum Gasteiger partial charge on any atom is 0.238 e. The second-order valence-corrected chi connectivity index (χ2v) is 7.46. The van der Waals surface area contributed by atoms with Crippen LogP contribution in [0.4, 0.5) is 11.4 Å². The molecule has 2 aromatic carbocycles. The van der Waals surface area contributed by atoms with E-state index in [1.807, 2.05) is 42.2 Å². The molecule has 0 aliphatic carbocycles. The molecule has 0 spiro atoms. The normalized spacial score (nSPS) is 19.1. The number of hydrogen-bond acceptors (Lipinski definition) is 4. The Bertz CT molecular complexity index is 954. The number of nitrogens with one attached hydrogen (secondary N) is 1. The van der Waals surface area contributed by atoms with Crippen molar-refractivity contribution in [1.29, 1.82) is 0 Å². The molecule has 2 heterocycles. The van der Waals surface area contributed by atoms with Crippen molar-refractivity contribution in [2.75, 3.05) is 25.0 Å². The zero-order valence-corrected chi connectivity index (χ0v) is 15.8. The van der Waals surface area contributed by atoms with Crippen LogP contribution in [0.25, 0.3) is 0 Å². The molecule has 1 saturated heterocycles. The van der Waals surface area contributed by atoms with Gasteiger partial charge < -0.3 is 5.32 Å². The van der Waals surface area contributed by atoms with Gasteiger partial charge in [0.05, 0.1) is 28.9 Å².